The van der Waals surface area contributed by atoms with Gasteiger partial charge in [-0.25, -0.2) is 0 Å². The Morgan fingerprint density at radius 3 is 2.18 bits per heavy atom. The average Bonchev–Trinajstić information content (AvgIpc) is 1.85. The number of hydrogen-bond donors (Lipinski definition) is 0. The molecule has 2 heteroatoms. The third kappa shape index (κ3) is 3.73. The van der Waals surface area contributed by atoms with Gasteiger partial charge in [0.2, 0.25) is 0 Å². The second kappa shape index (κ2) is 3.55. The molecule has 11 heavy (non-hydrogen) atoms. The Morgan fingerprint density at radius 2 is 1.73 bits per heavy atom. The van der Waals surface area contributed by atoms with E-state index >= 15 is 0 Å². The second-order valence-corrected chi connectivity index (χ2v) is 3.78. The van der Waals surface area contributed by atoms with Gasteiger partial charge in [-0.15, -0.1) is 0 Å². The molecule has 1 aliphatic rings. The van der Waals surface area contributed by atoms with Gasteiger partial charge in [0.05, 0.1) is 6.10 Å². The first-order chi connectivity index (χ1) is 5.08. The van der Waals surface area contributed by atoms with E-state index in [1.54, 1.807) is 13.8 Å². The van der Waals surface area contributed by atoms with Gasteiger partial charge in [0.1, 0.15) is 0 Å². The van der Waals surface area contributed by atoms with E-state index < -0.39 is 5.79 Å². The third-order valence-corrected chi connectivity index (χ3v) is 2.00. The summed E-state index contributed by atoms with van der Waals surface area (Å²) in [6.45, 7) is 3.17. The molecular formula is C9H17O2. The number of hydrogen-bond acceptors (Lipinski definition) is 1. The van der Waals surface area contributed by atoms with Gasteiger partial charge < -0.3 is 4.74 Å². The van der Waals surface area contributed by atoms with Crippen LogP contribution in [-0.4, -0.2) is 11.9 Å². The molecule has 1 saturated carbocycles. The molecule has 0 aliphatic heterocycles. The lowest BCUT2D eigenvalue weighted by Gasteiger charge is -2.27. The van der Waals surface area contributed by atoms with E-state index in [1.165, 1.54) is 19.3 Å². The predicted molar refractivity (Wildman–Crippen MR) is 42.7 cm³/mol. The van der Waals surface area contributed by atoms with Gasteiger partial charge in [-0.05, 0) is 26.7 Å². The Hall–Kier alpha value is -0.0800. The summed E-state index contributed by atoms with van der Waals surface area (Å²) >= 11 is 0. The summed E-state index contributed by atoms with van der Waals surface area (Å²) in [7, 11) is 0. The molecule has 0 amide bonds. The Labute approximate surface area is 68.6 Å². The van der Waals surface area contributed by atoms with Crippen molar-refractivity contribution in [2.24, 2.45) is 0 Å². The van der Waals surface area contributed by atoms with Crippen LogP contribution in [-0.2, 0) is 9.84 Å². The van der Waals surface area contributed by atoms with Crippen molar-refractivity contribution in [3.05, 3.63) is 0 Å². The zero-order chi connectivity index (χ0) is 8.32. The van der Waals surface area contributed by atoms with Crippen molar-refractivity contribution >= 4 is 0 Å². The third-order valence-electron chi connectivity index (χ3n) is 2.00. The highest BCUT2D eigenvalue weighted by molar-refractivity contribution is 4.67. The van der Waals surface area contributed by atoms with Crippen molar-refractivity contribution in [3.8, 4) is 0 Å². The minimum atomic E-state index is -1.19. The molecule has 0 unspecified atom stereocenters. The van der Waals surface area contributed by atoms with Gasteiger partial charge in [0.15, 0.2) is 5.79 Å². The SMILES string of the molecule is CC(C)([O])OC1CCCCC1. The Morgan fingerprint density at radius 1 is 1.18 bits per heavy atom. The van der Waals surface area contributed by atoms with E-state index in [0.717, 1.165) is 12.8 Å². The van der Waals surface area contributed by atoms with Crippen LogP contribution in [0.3, 0.4) is 0 Å². The standard InChI is InChI=1S/C9H17O2/c1-9(2,10)11-8-6-4-3-5-7-8/h8H,3-7H2,1-2H3. The van der Waals surface area contributed by atoms with Crippen LogP contribution in [0.5, 0.6) is 0 Å². The lowest BCUT2D eigenvalue weighted by atomic mass is 9.97. The molecule has 0 aromatic carbocycles. The van der Waals surface area contributed by atoms with Gasteiger partial charge in [-0.2, -0.15) is 5.11 Å². The minimum absolute atomic E-state index is 0.233. The molecule has 65 valence electrons. The van der Waals surface area contributed by atoms with Crippen molar-refractivity contribution in [2.45, 2.75) is 57.8 Å². The molecular weight excluding hydrogens is 140 g/mol. The fraction of sp³-hybridized carbons (Fsp3) is 1.00. The molecule has 0 aromatic rings. The van der Waals surface area contributed by atoms with Crippen molar-refractivity contribution < 1.29 is 9.84 Å². The molecule has 0 saturated heterocycles. The number of ether oxygens (including phenoxy) is 1. The van der Waals surface area contributed by atoms with Crippen LogP contribution in [0.15, 0.2) is 0 Å². The van der Waals surface area contributed by atoms with Crippen LogP contribution >= 0.6 is 0 Å². The van der Waals surface area contributed by atoms with Gasteiger partial charge in [-0.3, -0.25) is 0 Å². The Bertz CT molecular complexity index is 109. The largest absolute Gasteiger partial charge is 0.344 e. The first-order valence-electron chi connectivity index (χ1n) is 4.46. The summed E-state index contributed by atoms with van der Waals surface area (Å²) in [5.74, 6) is -1.19. The maximum atomic E-state index is 11.1. The molecule has 1 rings (SSSR count). The average molecular weight is 157 g/mol. The maximum Gasteiger partial charge on any atom is 0.196 e. The van der Waals surface area contributed by atoms with E-state index in [1.807, 2.05) is 0 Å². The van der Waals surface area contributed by atoms with Crippen LogP contribution in [0.25, 0.3) is 0 Å². The Kier molecular flexibility index (Phi) is 2.90. The summed E-state index contributed by atoms with van der Waals surface area (Å²) in [5, 5.41) is 11.1. The molecule has 1 fully saturated rings. The normalized spacial score (nSPS) is 22.1. The van der Waals surface area contributed by atoms with Crippen molar-refractivity contribution in [1.82, 2.24) is 0 Å². The van der Waals surface area contributed by atoms with Crippen LogP contribution < -0.4 is 0 Å². The molecule has 0 N–H and O–H groups in total. The van der Waals surface area contributed by atoms with Crippen molar-refractivity contribution in [2.75, 3.05) is 0 Å². The van der Waals surface area contributed by atoms with Crippen LogP contribution in [0.1, 0.15) is 46.0 Å². The molecule has 0 aromatic heterocycles. The molecule has 1 aliphatic carbocycles. The quantitative estimate of drug-likeness (QED) is 0.566. The van der Waals surface area contributed by atoms with Gasteiger partial charge in [0.25, 0.3) is 0 Å². The fourth-order valence-electron chi connectivity index (χ4n) is 1.58. The van der Waals surface area contributed by atoms with Gasteiger partial charge in [0, 0.05) is 0 Å². The zero-order valence-corrected chi connectivity index (χ0v) is 7.43. The van der Waals surface area contributed by atoms with Gasteiger partial charge in [-0.1, -0.05) is 19.3 Å². The Balaban J connectivity index is 2.24. The van der Waals surface area contributed by atoms with Crippen LogP contribution in [0.2, 0.25) is 0 Å². The summed E-state index contributed by atoms with van der Waals surface area (Å²) in [5.41, 5.74) is 0. The molecule has 0 bridgehead atoms. The summed E-state index contributed by atoms with van der Waals surface area (Å²) in [6, 6.07) is 0. The molecule has 1 radical (unpaired) electrons. The van der Waals surface area contributed by atoms with Crippen LogP contribution in [0.4, 0.5) is 0 Å². The molecule has 2 nitrogen and oxygen atoms in total. The number of rotatable bonds is 2. The first kappa shape index (κ1) is 9.01. The molecule has 0 spiro atoms. The minimum Gasteiger partial charge on any atom is -0.344 e. The highest BCUT2D eigenvalue weighted by atomic mass is 16.6. The predicted octanol–water partition coefficient (Wildman–Crippen LogP) is 2.50. The monoisotopic (exact) mass is 157 g/mol. The second-order valence-electron chi connectivity index (χ2n) is 3.78. The fourth-order valence-corrected chi connectivity index (χ4v) is 1.58. The van der Waals surface area contributed by atoms with E-state index in [9.17, 15) is 5.11 Å². The van der Waals surface area contributed by atoms with E-state index in [-0.39, 0.29) is 6.10 Å². The smallest absolute Gasteiger partial charge is 0.196 e. The topological polar surface area (TPSA) is 29.1 Å². The first-order valence-corrected chi connectivity index (χ1v) is 4.46. The van der Waals surface area contributed by atoms with Crippen molar-refractivity contribution in [1.29, 1.82) is 0 Å². The lowest BCUT2D eigenvalue weighted by molar-refractivity contribution is -0.243. The highest BCUT2D eigenvalue weighted by Crippen LogP contribution is 2.23. The highest BCUT2D eigenvalue weighted by Gasteiger charge is 2.23. The van der Waals surface area contributed by atoms with E-state index in [4.69, 9.17) is 4.74 Å². The van der Waals surface area contributed by atoms with E-state index in [2.05, 4.69) is 0 Å². The van der Waals surface area contributed by atoms with Crippen LogP contribution in [0, 0.1) is 0 Å². The van der Waals surface area contributed by atoms with Crippen molar-refractivity contribution in [3.63, 3.8) is 0 Å². The maximum absolute atomic E-state index is 11.1. The molecule has 0 heterocycles. The molecule has 0 atom stereocenters. The van der Waals surface area contributed by atoms with E-state index in [0.29, 0.717) is 0 Å². The van der Waals surface area contributed by atoms with Gasteiger partial charge >= 0.3 is 0 Å². The lowest BCUT2D eigenvalue weighted by Crippen LogP contribution is -2.30. The summed E-state index contributed by atoms with van der Waals surface area (Å²) < 4.78 is 5.32. The summed E-state index contributed by atoms with van der Waals surface area (Å²) in [6.07, 6.45) is 6.13. The zero-order valence-electron chi connectivity index (χ0n) is 7.43. The summed E-state index contributed by atoms with van der Waals surface area (Å²) in [4.78, 5) is 0.